The standard InChI is InChI=1S/C21H23BrN4O4S2/c1-13-10-15(22)6-7-16(13)24-17(27)11-25-12-23-20-18(21(25)28)19(14(2)31-20)32(29,30)26-8-4-3-5-9-26/h6-7,10,12H,3-5,8-9,11H2,1-2H3,(H,24,27). The smallest absolute Gasteiger partial charge is 0.263 e. The van der Waals surface area contributed by atoms with Crippen molar-refractivity contribution in [3.8, 4) is 0 Å². The average molecular weight is 539 g/mol. The van der Waals surface area contributed by atoms with Crippen LogP contribution in [0, 0.1) is 13.8 Å². The Balaban J connectivity index is 1.68. The molecule has 1 aromatic carbocycles. The lowest BCUT2D eigenvalue weighted by atomic mass is 10.2. The van der Waals surface area contributed by atoms with Crippen molar-refractivity contribution in [1.29, 1.82) is 0 Å². The summed E-state index contributed by atoms with van der Waals surface area (Å²) in [5, 5.41) is 2.85. The molecule has 0 radical (unpaired) electrons. The van der Waals surface area contributed by atoms with Crippen LogP contribution in [0.15, 0.2) is 38.7 Å². The number of halogens is 1. The van der Waals surface area contributed by atoms with E-state index in [2.05, 4.69) is 26.2 Å². The highest BCUT2D eigenvalue weighted by Crippen LogP contribution is 2.33. The molecule has 0 unspecified atom stereocenters. The van der Waals surface area contributed by atoms with Crippen LogP contribution in [0.1, 0.15) is 29.7 Å². The van der Waals surface area contributed by atoms with Gasteiger partial charge in [0.05, 0.1) is 11.7 Å². The Labute approximate surface area is 198 Å². The molecule has 11 heteroatoms. The molecule has 170 valence electrons. The third-order valence-electron chi connectivity index (χ3n) is 5.49. The lowest BCUT2D eigenvalue weighted by Gasteiger charge is -2.25. The number of fused-ring (bicyclic) bond motifs is 1. The van der Waals surface area contributed by atoms with Crippen molar-refractivity contribution < 1.29 is 13.2 Å². The summed E-state index contributed by atoms with van der Waals surface area (Å²) in [6.07, 6.45) is 3.90. The van der Waals surface area contributed by atoms with E-state index in [1.807, 2.05) is 19.1 Å². The Kier molecular flexibility index (Phi) is 6.53. The van der Waals surface area contributed by atoms with E-state index in [0.717, 1.165) is 33.9 Å². The molecule has 4 rings (SSSR count). The van der Waals surface area contributed by atoms with Gasteiger partial charge in [0.25, 0.3) is 5.56 Å². The average Bonchev–Trinajstić information content (AvgIpc) is 3.10. The van der Waals surface area contributed by atoms with Crippen molar-refractivity contribution in [2.24, 2.45) is 0 Å². The summed E-state index contributed by atoms with van der Waals surface area (Å²) >= 11 is 4.57. The van der Waals surface area contributed by atoms with Crippen molar-refractivity contribution in [2.75, 3.05) is 18.4 Å². The molecule has 1 amide bonds. The molecule has 1 fully saturated rings. The summed E-state index contributed by atoms with van der Waals surface area (Å²) in [4.78, 5) is 31.1. The molecular weight excluding hydrogens is 516 g/mol. The number of thiophene rings is 1. The second kappa shape index (κ2) is 9.05. The summed E-state index contributed by atoms with van der Waals surface area (Å²) in [5.41, 5.74) is 0.981. The zero-order valence-electron chi connectivity index (χ0n) is 17.7. The number of aromatic nitrogens is 2. The van der Waals surface area contributed by atoms with E-state index in [-0.39, 0.29) is 16.8 Å². The predicted octanol–water partition coefficient (Wildman–Crippen LogP) is 3.65. The van der Waals surface area contributed by atoms with Crippen LogP contribution in [-0.2, 0) is 21.4 Å². The van der Waals surface area contributed by atoms with Gasteiger partial charge in [-0.1, -0.05) is 22.4 Å². The summed E-state index contributed by atoms with van der Waals surface area (Å²) in [6.45, 7) is 4.18. The Morgan fingerprint density at radius 2 is 1.94 bits per heavy atom. The van der Waals surface area contributed by atoms with Gasteiger partial charge in [-0.2, -0.15) is 4.31 Å². The van der Waals surface area contributed by atoms with Crippen LogP contribution in [0.25, 0.3) is 10.2 Å². The molecule has 0 spiro atoms. The number of nitrogens with one attached hydrogen (secondary N) is 1. The largest absolute Gasteiger partial charge is 0.324 e. The number of aryl methyl sites for hydroxylation is 2. The molecule has 0 bridgehead atoms. The number of carbonyl (C=O) groups is 1. The van der Waals surface area contributed by atoms with Crippen LogP contribution in [-0.4, -0.2) is 41.3 Å². The molecule has 0 atom stereocenters. The number of nitrogens with zero attached hydrogens (tertiary/aromatic N) is 3. The monoisotopic (exact) mass is 538 g/mol. The van der Waals surface area contributed by atoms with E-state index in [9.17, 15) is 18.0 Å². The van der Waals surface area contributed by atoms with Gasteiger partial charge < -0.3 is 5.32 Å². The Hall–Kier alpha value is -2.08. The van der Waals surface area contributed by atoms with E-state index in [0.29, 0.717) is 28.5 Å². The highest BCUT2D eigenvalue weighted by Gasteiger charge is 2.32. The van der Waals surface area contributed by atoms with E-state index in [1.54, 1.807) is 13.0 Å². The van der Waals surface area contributed by atoms with Crippen LogP contribution < -0.4 is 10.9 Å². The number of amides is 1. The number of benzene rings is 1. The SMILES string of the molecule is Cc1cc(Br)ccc1NC(=O)Cn1cnc2sc(C)c(S(=O)(=O)N3CCCCC3)c2c1=O. The first-order chi connectivity index (χ1) is 15.2. The zero-order valence-corrected chi connectivity index (χ0v) is 20.9. The number of rotatable bonds is 5. The van der Waals surface area contributed by atoms with Gasteiger partial charge in [-0.15, -0.1) is 11.3 Å². The molecule has 3 heterocycles. The number of piperidine rings is 1. The second-order valence-corrected chi connectivity index (χ2v) is 11.8. The molecular formula is C21H23BrN4O4S2. The van der Waals surface area contributed by atoms with Gasteiger partial charge in [0.2, 0.25) is 15.9 Å². The first-order valence-corrected chi connectivity index (χ1v) is 13.3. The van der Waals surface area contributed by atoms with E-state index in [4.69, 9.17) is 0 Å². The summed E-state index contributed by atoms with van der Waals surface area (Å²) in [7, 11) is -3.82. The van der Waals surface area contributed by atoms with Gasteiger partial charge in [0, 0.05) is 28.1 Å². The number of carbonyl (C=O) groups excluding carboxylic acids is 1. The summed E-state index contributed by atoms with van der Waals surface area (Å²) in [6, 6.07) is 5.46. The first kappa shape index (κ1) is 23.1. The fourth-order valence-corrected chi connectivity index (χ4v) is 7.54. The third-order valence-corrected chi connectivity index (χ3v) is 9.20. The minimum absolute atomic E-state index is 0.0235. The van der Waals surface area contributed by atoms with Crippen molar-refractivity contribution >= 4 is 59.1 Å². The number of hydrogen-bond donors (Lipinski definition) is 1. The molecule has 32 heavy (non-hydrogen) atoms. The molecule has 0 saturated carbocycles. The van der Waals surface area contributed by atoms with Crippen LogP contribution in [0.4, 0.5) is 5.69 Å². The van der Waals surface area contributed by atoms with Gasteiger partial charge in [-0.25, -0.2) is 13.4 Å². The van der Waals surface area contributed by atoms with Crippen molar-refractivity contribution in [2.45, 2.75) is 44.6 Å². The van der Waals surface area contributed by atoms with Gasteiger partial charge >= 0.3 is 0 Å². The molecule has 8 nitrogen and oxygen atoms in total. The van der Waals surface area contributed by atoms with Crippen molar-refractivity contribution in [3.05, 3.63) is 49.8 Å². The zero-order chi connectivity index (χ0) is 23.0. The number of anilines is 1. The van der Waals surface area contributed by atoms with E-state index >= 15 is 0 Å². The predicted molar refractivity (Wildman–Crippen MR) is 129 cm³/mol. The normalized spacial score (nSPS) is 15.2. The lowest BCUT2D eigenvalue weighted by Crippen LogP contribution is -2.36. The lowest BCUT2D eigenvalue weighted by molar-refractivity contribution is -0.116. The van der Waals surface area contributed by atoms with Crippen LogP contribution in [0.2, 0.25) is 0 Å². The topological polar surface area (TPSA) is 101 Å². The Bertz CT molecular complexity index is 1360. The maximum atomic E-state index is 13.3. The molecule has 1 saturated heterocycles. The fourth-order valence-electron chi connectivity index (χ4n) is 3.88. The van der Waals surface area contributed by atoms with Gasteiger partial charge in [0.1, 0.15) is 16.3 Å². The van der Waals surface area contributed by atoms with E-state index in [1.165, 1.54) is 22.0 Å². The number of sulfonamides is 1. The van der Waals surface area contributed by atoms with Gasteiger partial charge in [0.15, 0.2) is 0 Å². The van der Waals surface area contributed by atoms with Gasteiger partial charge in [-0.3, -0.25) is 14.2 Å². The molecule has 3 aromatic rings. The second-order valence-electron chi connectivity index (χ2n) is 7.82. The fraction of sp³-hybridized carbons (Fsp3) is 0.381. The molecule has 0 aliphatic carbocycles. The molecule has 1 aliphatic heterocycles. The van der Waals surface area contributed by atoms with Crippen LogP contribution in [0.5, 0.6) is 0 Å². The quantitative estimate of drug-likeness (QED) is 0.534. The van der Waals surface area contributed by atoms with Crippen molar-refractivity contribution in [3.63, 3.8) is 0 Å². The first-order valence-electron chi connectivity index (χ1n) is 10.2. The maximum Gasteiger partial charge on any atom is 0.263 e. The summed E-state index contributed by atoms with van der Waals surface area (Å²) < 4.78 is 30.2. The molecule has 1 aliphatic rings. The highest BCUT2D eigenvalue weighted by molar-refractivity contribution is 9.10. The van der Waals surface area contributed by atoms with Crippen molar-refractivity contribution in [1.82, 2.24) is 13.9 Å². The number of hydrogen-bond acceptors (Lipinski definition) is 6. The maximum absolute atomic E-state index is 13.3. The van der Waals surface area contributed by atoms with Crippen LogP contribution in [0.3, 0.4) is 0 Å². The third kappa shape index (κ3) is 4.39. The Morgan fingerprint density at radius 1 is 1.22 bits per heavy atom. The highest BCUT2D eigenvalue weighted by atomic mass is 79.9. The molecule has 2 aromatic heterocycles. The molecule has 1 N–H and O–H groups in total. The summed E-state index contributed by atoms with van der Waals surface area (Å²) in [5.74, 6) is -0.397. The minimum Gasteiger partial charge on any atom is -0.324 e. The Morgan fingerprint density at radius 3 is 2.62 bits per heavy atom. The van der Waals surface area contributed by atoms with Gasteiger partial charge in [-0.05, 0) is 50.5 Å². The van der Waals surface area contributed by atoms with Crippen LogP contribution >= 0.6 is 27.3 Å². The minimum atomic E-state index is -3.82. The van der Waals surface area contributed by atoms with E-state index < -0.39 is 21.5 Å².